The summed E-state index contributed by atoms with van der Waals surface area (Å²) in [5.74, 6) is 0. The molecule has 0 amide bonds. The van der Waals surface area contributed by atoms with Gasteiger partial charge < -0.3 is 12.5 Å². The molecule has 1 aromatic carbocycles. The molecular formula is C10H14OW. The van der Waals surface area contributed by atoms with Gasteiger partial charge in [0.1, 0.15) is 0 Å². The van der Waals surface area contributed by atoms with Crippen LogP contribution in [0.3, 0.4) is 0 Å². The van der Waals surface area contributed by atoms with E-state index in [0.717, 1.165) is 5.56 Å². The molecule has 0 aliphatic carbocycles. The first-order valence-electron chi connectivity index (χ1n) is 3.29. The molecule has 0 spiro atoms. The number of aryl methyl sites for hydroxylation is 1. The minimum absolute atomic E-state index is 0. The molecule has 1 nitrogen and oxygen atoms in total. The Labute approximate surface area is 89.1 Å². The number of hydrogen-bond donors (Lipinski definition) is 1. The summed E-state index contributed by atoms with van der Waals surface area (Å²) in [5.41, 5.74) is 2.07. The van der Waals surface area contributed by atoms with E-state index in [1.807, 2.05) is 31.2 Å². The van der Waals surface area contributed by atoms with E-state index < -0.39 is 0 Å². The van der Waals surface area contributed by atoms with Gasteiger partial charge in [0.25, 0.3) is 0 Å². The molecule has 0 saturated heterocycles. The predicted molar refractivity (Wildman–Crippen MR) is 47.5 cm³/mol. The van der Waals surface area contributed by atoms with Gasteiger partial charge in [-0.15, -0.1) is 11.6 Å². The average Bonchev–Trinajstić information content (AvgIpc) is 1.88. The van der Waals surface area contributed by atoms with Crippen molar-refractivity contribution in [2.24, 2.45) is 0 Å². The molecule has 0 bridgehead atoms. The molecule has 0 aromatic heterocycles. The van der Waals surface area contributed by atoms with Crippen molar-refractivity contribution in [3.05, 3.63) is 48.9 Å². The van der Waals surface area contributed by atoms with Gasteiger partial charge in [-0.05, 0) is 0 Å². The van der Waals surface area contributed by atoms with Crippen LogP contribution >= 0.6 is 0 Å². The van der Waals surface area contributed by atoms with Crippen LogP contribution in [0.25, 0.3) is 0 Å². The van der Waals surface area contributed by atoms with E-state index in [2.05, 4.69) is 0 Å². The minimum atomic E-state index is 0. The molecule has 1 aromatic rings. The second-order valence-corrected chi connectivity index (χ2v) is 2.45. The van der Waals surface area contributed by atoms with Crippen molar-refractivity contribution < 1.29 is 26.2 Å². The molecular weight excluding hydrogens is 320 g/mol. The fourth-order valence-electron chi connectivity index (χ4n) is 0.870. The summed E-state index contributed by atoms with van der Waals surface area (Å²) in [5, 5.41) is 9.06. The van der Waals surface area contributed by atoms with Gasteiger partial charge >= 0.3 is 21.1 Å². The molecule has 1 N–H and O–H groups in total. The van der Waals surface area contributed by atoms with Gasteiger partial charge in [-0.2, -0.15) is 17.7 Å². The number of rotatable bonds is 1. The van der Waals surface area contributed by atoms with Crippen molar-refractivity contribution >= 4 is 0 Å². The minimum Gasteiger partial charge on any atom is -0.426 e. The first-order chi connectivity index (χ1) is 4.70. The van der Waals surface area contributed by atoms with E-state index in [0.29, 0.717) is 6.10 Å². The molecule has 66 valence electrons. The Hall–Kier alpha value is -0.262. The largest absolute Gasteiger partial charge is 2.00 e. The Morgan fingerprint density at radius 1 is 1.33 bits per heavy atom. The maximum absolute atomic E-state index is 9.06. The van der Waals surface area contributed by atoms with E-state index >= 15 is 0 Å². The maximum atomic E-state index is 9.06. The first-order valence-corrected chi connectivity index (χ1v) is 3.29. The monoisotopic (exact) mass is 334 g/mol. The number of aliphatic hydroxyl groups excluding tert-OH is 1. The zero-order valence-electron chi connectivity index (χ0n) is 7.66. The Morgan fingerprint density at radius 2 is 1.92 bits per heavy atom. The summed E-state index contributed by atoms with van der Waals surface area (Å²) < 4.78 is 0. The molecule has 12 heavy (non-hydrogen) atoms. The number of aliphatic hydroxyl groups is 1. The number of benzene rings is 1. The fraction of sp³-hybridized carbons (Fsp3) is 0.200. The first kappa shape index (κ1) is 14.3. The summed E-state index contributed by atoms with van der Waals surface area (Å²) in [6.45, 7) is 3.70. The van der Waals surface area contributed by atoms with Crippen LogP contribution in [-0.2, 0) is 21.1 Å². The normalized spacial score (nSPS) is 7.92. The molecule has 0 aliphatic rings. The number of hydrogen-bond acceptors (Lipinski definition) is 1. The molecule has 0 heterocycles. The van der Waals surface area contributed by atoms with Gasteiger partial charge in [0.15, 0.2) is 0 Å². The Morgan fingerprint density at radius 3 is 2.25 bits per heavy atom. The smallest absolute Gasteiger partial charge is 0.426 e. The van der Waals surface area contributed by atoms with Crippen LogP contribution in [0.15, 0.2) is 24.3 Å². The third-order valence-corrected chi connectivity index (χ3v) is 1.44. The molecule has 0 radical (unpaired) electrons. The van der Waals surface area contributed by atoms with Crippen molar-refractivity contribution in [2.45, 2.75) is 13.8 Å². The quantitative estimate of drug-likeness (QED) is 0.783. The molecule has 0 saturated carbocycles. The van der Waals surface area contributed by atoms with Gasteiger partial charge in [-0.25, -0.2) is 0 Å². The average molecular weight is 334 g/mol. The summed E-state index contributed by atoms with van der Waals surface area (Å²) in [4.78, 5) is 0. The second kappa shape index (κ2) is 6.28. The maximum Gasteiger partial charge on any atom is 2.00 e. The zero-order chi connectivity index (χ0) is 7.56. The van der Waals surface area contributed by atoms with E-state index in [1.165, 1.54) is 5.56 Å². The van der Waals surface area contributed by atoms with Crippen molar-refractivity contribution in [3.8, 4) is 0 Å². The van der Waals surface area contributed by atoms with Crippen molar-refractivity contribution in [2.75, 3.05) is 0 Å². The standard InChI is InChI=1S/C9H11O.CH3.W/c1-7-4-3-5-9(6-7)8(2)10;;/h3-6,10H,1-2H3;1H3;/q2*-1;+2. The van der Waals surface area contributed by atoms with Gasteiger partial charge in [-0.3, -0.25) is 0 Å². The molecule has 0 aliphatic heterocycles. The molecule has 0 fully saturated rings. The van der Waals surface area contributed by atoms with Crippen molar-refractivity contribution in [1.82, 2.24) is 0 Å². The SMILES string of the molecule is Cc1cccc([C-](C)O)c1.[CH3-].[W+2]. The molecule has 0 atom stereocenters. The Kier molecular flexibility index (Phi) is 7.46. The van der Waals surface area contributed by atoms with Gasteiger partial charge in [0.05, 0.1) is 0 Å². The van der Waals surface area contributed by atoms with E-state index in [9.17, 15) is 0 Å². The summed E-state index contributed by atoms with van der Waals surface area (Å²) in [7, 11) is 0. The van der Waals surface area contributed by atoms with Crippen LogP contribution in [0.2, 0.25) is 0 Å². The van der Waals surface area contributed by atoms with E-state index in [-0.39, 0.29) is 28.5 Å². The van der Waals surface area contributed by atoms with Crippen LogP contribution in [0, 0.1) is 20.5 Å². The molecule has 1 rings (SSSR count). The van der Waals surface area contributed by atoms with Crippen LogP contribution in [-0.4, -0.2) is 5.11 Å². The summed E-state index contributed by atoms with van der Waals surface area (Å²) >= 11 is 0. The van der Waals surface area contributed by atoms with Gasteiger partial charge in [0.2, 0.25) is 0 Å². The Bertz CT molecular complexity index is 221. The zero-order valence-corrected chi connectivity index (χ0v) is 10.6. The van der Waals surface area contributed by atoms with E-state index in [1.54, 1.807) is 6.92 Å². The van der Waals surface area contributed by atoms with Gasteiger partial charge in [-0.1, -0.05) is 26.0 Å². The summed E-state index contributed by atoms with van der Waals surface area (Å²) in [6, 6.07) is 7.79. The van der Waals surface area contributed by atoms with Gasteiger partial charge in [0, 0.05) is 0 Å². The molecule has 2 heteroatoms. The Balaban J connectivity index is 0. The van der Waals surface area contributed by atoms with Crippen LogP contribution in [0.4, 0.5) is 0 Å². The third kappa shape index (κ3) is 3.94. The predicted octanol–water partition coefficient (Wildman–Crippen LogP) is 2.72. The van der Waals surface area contributed by atoms with E-state index in [4.69, 9.17) is 5.11 Å². The second-order valence-electron chi connectivity index (χ2n) is 2.45. The van der Waals surface area contributed by atoms with Crippen LogP contribution in [0.1, 0.15) is 18.1 Å². The van der Waals surface area contributed by atoms with Crippen LogP contribution in [0.5, 0.6) is 0 Å². The third-order valence-electron chi connectivity index (χ3n) is 1.44. The van der Waals surface area contributed by atoms with Crippen molar-refractivity contribution in [1.29, 1.82) is 0 Å². The topological polar surface area (TPSA) is 20.2 Å². The van der Waals surface area contributed by atoms with Crippen molar-refractivity contribution in [3.63, 3.8) is 0 Å². The fourth-order valence-corrected chi connectivity index (χ4v) is 0.870. The molecule has 0 unspecified atom stereocenters. The van der Waals surface area contributed by atoms with Crippen LogP contribution < -0.4 is 0 Å². The summed E-state index contributed by atoms with van der Waals surface area (Å²) in [6.07, 6.45) is 0.378.